The van der Waals surface area contributed by atoms with Gasteiger partial charge in [-0.2, -0.15) is 5.10 Å². The van der Waals surface area contributed by atoms with E-state index in [0.29, 0.717) is 6.04 Å². The maximum absolute atomic E-state index is 5.45. The molecule has 1 aromatic rings. The van der Waals surface area contributed by atoms with Gasteiger partial charge in [0, 0.05) is 6.54 Å². The van der Waals surface area contributed by atoms with Crippen molar-refractivity contribution in [1.29, 1.82) is 0 Å². The fraction of sp³-hybridized carbons (Fsp3) is 0.769. The van der Waals surface area contributed by atoms with E-state index in [1.54, 1.807) is 7.11 Å². The number of hydrogen-bond acceptors (Lipinski definition) is 3. The Kier molecular flexibility index (Phi) is 4.05. The first-order valence-electron chi connectivity index (χ1n) is 6.64. The van der Waals surface area contributed by atoms with Crippen LogP contribution in [0.3, 0.4) is 0 Å². The molecule has 0 bridgehead atoms. The number of aromatic nitrogens is 2. The van der Waals surface area contributed by atoms with E-state index in [2.05, 4.69) is 28.9 Å². The van der Waals surface area contributed by atoms with Gasteiger partial charge in [-0.1, -0.05) is 13.3 Å². The average Bonchev–Trinajstić information content (AvgIpc) is 2.68. The maximum Gasteiger partial charge on any atom is 0.161 e. The SMILES string of the molecule is CCNC(c1c(OC)cnn1CC)C1CCC1. The van der Waals surface area contributed by atoms with Gasteiger partial charge in [-0.05, 0) is 32.2 Å². The summed E-state index contributed by atoms with van der Waals surface area (Å²) < 4.78 is 7.51. The van der Waals surface area contributed by atoms with E-state index >= 15 is 0 Å². The molecule has 1 fully saturated rings. The standard InChI is InChI=1S/C13H23N3O/c1-4-14-12(10-7-6-8-10)13-11(17-3)9-15-16(13)5-2/h9-10,12,14H,4-8H2,1-3H3. The Hall–Kier alpha value is -1.03. The summed E-state index contributed by atoms with van der Waals surface area (Å²) >= 11 is 0. The summed E-state index contributed by atoms with van der Waals surface area (Å²) in [5.74, 6) is 1.66. The van der Waals surface area contributed by atoms with Gasteiger partial charge in [0.2, 0.25) is 0 Å². The van der Waals surface area contributed by atoms with E-state index in [0.717, 1.165) is 24.8 Å². The Morgan fingerprint density at radius 1 is 1.53 bits per heavy atom. The molecule has 4 heteroatoms. The second-order valence-electron chi connectivity index (χ2n) is 4.64. The van der Waals surface area contributed by atoms with Crippen molar-refractivity contribution in [3.8, 4) is 5.75 Å². The fourth-order valence-corrected chi connectivity index (χ4v) is 2.58. The van der Waals surface area contributed by atoms with Crippen LogP contribution in [0.4, 0.5) is 0 Å². The highest BCUT2D eigenvalue weighted by Crippen LogP contribution is 2.40. The molecule has 0 aromatic carbocycles. The molecule has 0 saturated heterocycles. The highest BCUT2D eigenvalue weighted by molar-refractivity contribution is 5.29. The molecule has 0 spiro atoms. The van der Waals surface area contributed by atoms with Crippen molar-refractivity contribution >= 4 is 0 Å². The molecule has 1 saturated carbocycles. The molecule has 0 aliphatic heterocycles. The van der Waals surface area contributed by atoms with Crippen LogP contribution in [-0.2, 0) is 6.54 Å². The summed E-state index contributed by atoms with van der Waals surface area (Å²) in [6.45, 7) is 6.16. The lowest BCUT2D eigenvalue weighted by atomic mass is 9.78. The molecule has 1 N–H and O–H groups in total. The van der Waals surface area contributed by atoms with E-state index in [1.807, 2.05) is 6.20 Å². The van der Waals surface area contributed by atoms with Gasteiger partial charge in [-0.25, -0.2) is 0 Å². The quantitative estimate of drug-likeness (QED) is 0.825. The molecule has 0 radical (unpaired) electrons. The molecular weight excluding hydrogens is 214 g/mol. The third-order valence-corrected chi connectivity index (χ3v) is 3.70. The van der Waals surface area contributed by atoms with Crippen LogP contribution in [0.5, 0.6) is 5.75 Å². The lowest BCUT2D eigenvalue weighted by Gasteiger charge is -2.34. The van der Waals surface area contributed by atoms with Crippen LogP contribution < -0.4 is 10.1 Å². The van der Waals surface area contributed by atoms with Crippen molar-refractivity contribution in [2.45, 2.75) is 45.7 Å². The number of rotatable bonds is 6. The minimum absolute atomic E-state index is 0.395. The highest BCUT2D eigenvalue weighted by Gasteiger charge is 2.32. The minimum atomic E-state index is 0.395. The van der Waals surface area contributed by atoms with Gasteiger partial charge in [0.15, 0.2) is 5.75 Å². The van der Waals surface area contributed by atoms with Gasteiger partial charge >= 0.3 is 0 Å². The average molecular weight is 237 g/mol. The van der Waals surface area contributed by atoms with Gasteiger partial charge in [0.1, 0.15) is 0 Å². The van der Waals surface area contributed by atoms with Crippen LogP contribution in [-0.4, -0.2) is 23.4 Å². The lowest BCUT2D eigenvalue weighted by molar-refractivity contribution is 0.220. The number of nitrogens with zero attached hydrogens (tertiary/aromatic N) is 2. The Balaban J connectivity index is 2.29. The number of nitrogens with one attached hydrogen (secondary N) is 1. The molecule has 1 heterocycles. The monoisotopic (exact) mass is 237 g/mol. The Bertz CT molecular complexity index is 336. The smallest absolute Gasteiger partial charge is 0.161 e. The zero-order valence-electron chi connectivity index (χ0n) is 11.1. The number of ether oxygens (including phenoxy) is 1. The van der Waals surface area contributed by atoms with Gasteiger partial charge in [-0.3, -0.25) is 4.68 Å². The van der Waals surface area contributed by atoms with Gasteiger partial charge in [0.05, 0.1) is 25.0 Å². The largest absolute Gasteiger partial charge is 0.493 e. The molecule has 1 unspecified atom stereocenters. The zero-order chi connectivity index (χ0) is 12.3. The van der Waals surface area contributed by atoms with Gasteiger partial charge in [0.25, 0.3) is 0 Å². The van der Waals surface area contributed by atoms with Gasteiger partial charge < -0.3 is 10.1 Å². The Labute approximate surface area is 103 Å². The topological polar surface area (TPSA) is 39.1 Å². The van der Waals surface area contributed by atoms with E-state index in [9.17, 15) is 0 Å². The van der Waals surface area contributed by atoms with Gasteiger partial charge in [-0.15, -0.1) is 0 Å². The predicted molar refractivity (Wildman–Crippen MR) is 68.2 cm³/mol. The molecule has 0 amide bonds. The molecule has 4 nitrogen and oxygen atoms in total. The first-order valence-corrected chi connectivity index (χ1v) is 6.64. The van der Waals surface area contributed by atoms with Crippen molar-refractivity contribution in [3.63, 3.8) is 0 Å². The predicted octanol–water partition coefficient (Wildman–Crippen LogP) is 2.36. The van der Waals surface area contributed by atoms with Crippen LogP contribution in [0.2, 0.25) is 0 Å². The molecule has 1 aromatic heterocycles. The Morgan fingerprint density at radius 2 is 2.29 bits per heavy atom. The van der Waals surface area contributed by atoms with Crippen LogP contribution in [0.15, 0.2) is 6.20 Å². The number of methoxy groups -OCH3 is 1. The molecule has 96 valence electrons. The molecule has 1 aliphatic rings. The summed E-state index contributed by atoms with van der Waals surface area (Å²) in [6, 6.07) is 0.395. The van der Waals surface area contributed by atoms with Crippen molar-refractivity contribution in [1.82, 2.24) is 15.1 Å². The van der Waals surface area contributed by atoms with Crippen LogP contribution in [0.25, 0.3) is 0 Å². The second-order valence-corrected chi connectivity index (χ2v) is 4.64. The van der Waals surface area contributed by atoms with Crippen molar-refractivity contribution < 1.29 is 4.74 Å². The third-order valence-electron chi connectivity index (χ3n) is 3.70. The first kappa shape index (κ1) is 12.4. The van der Waals surface area contributed by atoms with E-state index in [4.69, 9.17) is 4.74 Å². The highest BCUT2D eigenvalue weighted by atomic mass is 16.5. The van der Waals surface area contributed by atoms with Crippen molar-refractivity contribution in [2.24, 2.45) is 5.92 Å². The third kappa shape index (κ3) is 2.32. The summed E-state index contributed by atoms with van der Waals surface area (Å²) in [6.07, 6.45) is 5.82. The summed E-state index contributed by atoms with van der Waals surface area (Å²) in [5, 5.41) is 8.00. The molecule has 17 heavy (non-hydrogen) atoms. The molecule has 2 rings (SSSR count). The Morgan fingerprint density at radius 3 is 2.76 bits per heavy atom. The maximum atomic E-state index is 5.45. The number of aryl methyl sites for hydroxylation is 1. The van der Waals surface area contributed by atoms with Crippen LogP contribution in [0, 0.1) is 5.92 Å². The molecular formula is C13H23N3O. The fourth-order valence-electron chi connectivity index (χ4n) is 2.58. The van der Waals surface area contributed by atoms with Crippen LogP contribution in [0.1, 0.15) is 44.8 Å². The van der Waals surface area contributed by atoms with Crippen LogP contribution >= 0.6 is 0 Å². The van der Waals surface area contributed by atoms with E-state index in [-0.39, 0.29) is 0 Å². The van der Waals surface area contributed by atoms with Crippen molar-refractivity contribution in [2.75, 3.05) is 13.7 Å². The normalized spacial score (nSPS) is 17.8. The number of hydrogen-bond donors (Lipinski definition) is 1. The minimum Gasteiger partial charge on any atom is -0.493 e. The van der Waals surface area contributed by atoms with E-state index < -0.39 is 0 Å². The summed E-state index contributed by atoms with van der Waals surface area (Å²) in [4.78, 5) is 0. The van der Waals surface area contributed by atoms with Crippen molar-refractivity contribution in [3.05, 3.63) is 11.9 Å². The molecule has 1 atom stereocenters. The summed E-state index contributed by atoms with van der Waals surface area (Å²) in [5.41, 5.74) is 1.22. The van der Waals surface area contributed by atoms with E-state index in [1.165, 1.54) is 25.0 Å². The lowest BCUT2D eigenvalue weighted by Crippen LogP contribution is -2.34. The first-order chi connectivity index (χ1) is 8.31. The second kappa shape index (κ2) is 5.54. The summed E-state index contributed by atoms with van der Waals surface area (Å²) in [7, 11) is 1.73. The zero-order valence-corrected chi connectivity index (χ0v) is 11.1. The molecule has 1 aliphatic carbocycles.